The minimum Gasteiger partial charge on any atom is -0.444 e. The van der Waals surface area contributed by atoms with E-state index in [0.29, 0.717) is 6.42 Å². The molecule has 1 saturated carbocycles. The monoisotopic (exact) mass is 347 g/mol. The molecule has 0 bridgehead atoms. The topological polar surface area (TPSA) is 63.6 Å². The lowest BCUT2D eigenvalue weighted by atomic mass is 10.0. The van der Waals surface area contributed by atoms with Crippen molar-refractivity contribution in [3.63, 3.8) is 0 Å². The highest BCUT2D eigenvalue weighted by molar-refractivity contribution is 5.80. The van der Waals surface area contributed by atoms with E-state index in [1.54, 1.807) is 0 Å². The second kappa shape index (κ2) is 6.73. The van der Waals surface area contributed by atoms with Crippen molar-refractivity contribution in [1.29, 1.82) is 0 Å². The van der Waals surface area contributed by atoms with Gasteiger partial charge in [-0.2, -0.15) is 0 Å². The Balaban J connectivity index is 1.55. The highest BCUT2D eigenvalue weighted by Gasteiger charge is 2.37. The molecule has 3 atom stereocenters. The number of fused-ring (bicyclic) bond motifs is 1. The Kier molecular flexibility index (Phi) is 4.80. The van der Waals surface area contributed by atoms with Crippen molar-refractivity contribution < 1.29 is 14.3 Å². The Morgan fingerprint density at radius 3 is 2.72 bits per heavy atom. The predicted molar refractivity (Wildman–Crippen MR) is 95.1 cm³/mol. The second-order valence-electron chi connectivity index (χ2n) is 8.19. The lowest BCUT2D eigenvalue weighted by Gasteiger charge is -2.36. The van der Waals surface area contributed by atoms with Gasteiger partial charge in [-0.25, -0.2) is 4.79 Å². The maximum atomic E-state index is 13.0. The summed E-state index contributed by atoms with van der Waals surface area (Å²) in [7, 11) is 0. The molecule has 1 aromatic heterocycles. The Labute approximate surface area is 149 Å². The summed E-state index contributed by atoms with van der Waals surface area (Å²) < 4.78 is 7.53. The van der Waals surface area contributed by atoms with Crippen LogP contribution in [0.5, 0.6) is 0 Å². The fourth-order valence-electron chi connectivity index (χ4n) is 3.93. The Morgan fingerprint density at radius 2 is 2.00 bits per heavy atom. The van der Waals surface area contributed by atoms with E-state index in [1.165, 1.54) is 5.69 Å². The van der Waals surface area contributed by atoms with Crippen LogP contribution in [0.2, 0.25) is 0 Å². The van der Waals surface area contributed by atoms with Crippen LogP contribution in [0.4, 0.5) is 4.79 Å². The lowest BCUT2D eigenvalue weighted by Crippen LogP contribution is -2.43. The van der Waals surface area contributed by atoms with Gasteiger partial charge in [0, 0.05) is 36.9 Å². The van der Waals surface area contributed by atoms with Gasteiger partial charge < -0.3 is 19.5 Å². The molecule has 6 nitrogen and oxygen atoms in total. The third-order valence-electron chi connectivity index (χ3n) is 5.13. The Bertz CT molecular complexity index is 647. The van der Waals surface area contributed by atoms with Crippen molar-refractivity contribution >= 4 is 12.0 Å². The summed E-state index contributed by atoms with van der Waals surface area (Å²) in [6.07, 6.45) is 4.03. The normalized spacial score (nSPS) is 26.2. The van der Waals surface area contributed by atoms with E-state index in [4.69, 9.17) is 4.74 Å². The second-order valence-corrected chi connectivity index (χ2v) is 8.19. The van der Waals surface area contributed by atoms with Gasteiger partial charge in [0.1, 0.15) is 5.60 Å². The maximum absolute atomic E-state index is 13.0. The summed E-state index contributed by atoms with van der Waals surface area (Å²) in [4.78, 5) is 26.9. The third kappa shape index (κ3) is 3.99. The SMILES string of the molecule is C[C@@H]1c2cccn2CCN1C(=O)[C@@H]1CC[C@H](NC(=O)OC(C)(C)C)C1. The first kappa shape index (κ1) is 17.8. The largest absolute Gasteiger partial charge is 0.444 e. The van der Waals surface area contributed by atoms with Crippen molar-refractivity contribution in [1.82, 2.24) is 14.8 Å². The molecule has 0 radical (unpaired) electrons. The summed E-state index contributed by atoms with van der Waals surface area (Å²) in [5.74, 6) is 0.206. The zero-order valence-corrected chi connectivity index (χ0v) is 15.6. The van der Waals surface area contributed by atoms with E-state index in [2.05, 4.69) is 29.1 Å². The molecule has 0 saturated heterocycles. The molecule has 1 aliphatic heterocycles. The standard InChI is InChI=1S/C19H29N3O3/c1-13-16-6-5-9-21(16)10-11-22(13)17(23)14-7-8-15(12-14)20-18(24)25-19(2,3)4/h5-6,9,13-15H,7-8,10-12H2,1-4H3,(H,20,24)/t13-,14-,15+/m1/s1. The number of nitrogens with one attached hydrogen (secondary N) is 1. The number of ether oxygens (including phenoxy) is 1. The van der Waals surface area contributed by atoms with Gasteiger partial charge in [0.15, 0.2) is 0 Å². The van der Waals surface area contributed by atoms with Crippen molar-refractivity contribution in [2.75, 3.05) is 6.54 Å². The van der Waals surface area contributed by atoms with Crippen LogP contribution in [0.3, 0.4) is 0 Å². The first-order valence-electron chi connectivity index (χ1n) is 9.19. The average Bonchev–Trinajstić information content (AvgIpc) is 3.14. The zero-order valence-electron chi connectivity index (χ0n) is 15.6. The van der Waals surface area contributed by atoms with Crippen molar-refractivity contribution in [2.24, 2.45) is 5.92 Å². The van der Waals surface area contributed by atoms with Crippen LogP contribution in [0.25, 0.3) is 0 Å². The summed E-state index contributed by atoms with van der Waals surface area (Å²) in [6, 6.07) is 4.25. The van der Waals surface area contributed by atoms with E-state index in [0.717, 1.165) is 25.9 Å². The molecule has 138 valence electrons. The molecule has 2 amide bonds. The summed E-state index contributed by atoms with van der Waals surface area (Å²) in [5, 5.41) is 2.91. The highest BCUT2D eigenvalue weighted by Crippen LogP contribution is 2.32. The van der Waals surface area contributed by atoms with Crippen LogP contribution in [0, 0.1) is 5.92 Å². The van der Waals surface area contributed by atoms with E-state index in [9.17, 15) is 9.59 Å². The van der Waals surface area contributed by atoms with E-state index < -0.39 is 11.7 Å². The van der Waals surface area contributed by atoms with Crippen LogP contribution in [-0.4, -0.2) is 39.7 Å². The predicted octanol–water partition coefficient (Wildman–Crippen LogP) is 3.08. The van der Waals surface area contributed by atoms with Crippen molar-refractivity contribution in [3.05, 3.63) is 24.0 Å². The number of hydrogen-bond acceptors (Lipinski definition) is 3. The number of hydrogen-bond donors (Lipinski definition) is 1. The average molecular weight is 347 g/mol. The fraction of sp³-hybridized carbons (Fsp3) is 0.684. The number of carbonyl (C=O) groups is 2. The molecular weight excluding hydrogens is 318 g/mol. The van der Waals surface area contributed by atoms with Gasteiger partial charge >= 0.3 is 6.09 Å². The summed E-state index contributed by atoms with van der Waals surface area (Å²) in [5.41, 5.74) is 0.691. The molecule has 0 unspecified atom stereocenters. The van der Waals surface area contributed by atoms with Crippen LogP contribution < -0.4 is 5.32 Å². The van der Waals surface area contributed by atoms with Crippen molar-refractivity contribution in [2.45, 2.75) is 71.2 Å². The summed E-state index contributed by atoms with van der Waals surface area (Å²) >= 11 is 0. The summed E-state index contributed by atoms with van der Waals surface area (Å²) in [6.45, 7) is 9.24. The van der Waals surface area contributed by atoms with E-state index in [-0.39, 0.29) is 23.9 Å². The van der Waals surface area contributed by atoms with Gasteiger partial charge in [0.05, 0.1) is 6.04 Å². The minimum atomic E-state index is -0.504. The first-order chi connectivity index (χ1) is 11.7. The molecule has 2 heterocycles. The van der Waals surface area contributed by atoms with Crippen LogP contribution in [-0.2, 0) is 16.1 Å². The fourth-order valence-corrected chi connectivity index (χ4v) is 3.93. The van der Waals surface area contributed by atoms with Crippen LogP contribution >= 0.6 is 0 Å². The van der Waals surface area contributed by atoms with Crippen molar-refractivity contribution in [3.8, 4) is 0 Å². The van der Waals surface area contributed by atoms with E-state index in [1.807, 2.05) is 31.7 Å². The maximum Gasteiger partial charge on any atom is 0.407 e. The molecule has 1 aliphatic carbocycles. The molecular formula is C19H29N3O3. The number of nitrogens with zero attached hydrogens (tertiary/aromatic N) is 2. The number of alkyl carbamates (subject to hydrolysis) is 1. The molecule has 1 N–H and O–H groups in total. The molecule has 6 heteroatoms. The molecule has 1 fully saturated rings. The van der Waals surface area contributed by atoms with Gasteiger partial charge in [-0.15, -0.1) is 0 Å². The molecule has 0 aromatic carbocycles. The van der Waals surface area contributed by atoms with E-state index >= 15 is 0 Å². The van der Waals surface area contributed by atoms with Crippen LogP contribution in [0.15, 0.2) is 18.3 Å². The number of rotatable bonds is 2. The smallest absolute Gasteiger partial charge is 0.407 e. The van der Waals surface area contributed by atoms with Crippen LogP contribution in [0.1, 0.15) is 58.7 Å². The Morgan fingerprint density at radius 1 is 1.24 bits per heavy atom. The lowest BCUT2D eigenvalue weighted by molar-refractivity contribution is -0.138. The van der Waals surface area contributed by atoms with Gasteiger partial charge in [-0.3, -0.25) is 4.79 Å². The first-order valence-corrected chi connectivity index (χ1v) is 9.19. The minimum absolute atomic E-state index is 0.0103. The molecule has 25 heavy (non-hydrogen) atoms. The molecule has 1 aromatic rings. The number of aromatic nitrogens is 1. The molecule has 2 aliphatic rings. The third-order valence-corrected chi connectivity index (χ3v) is 5.13. The zero-order chi connectivity index (χ0) is 18.2. The molecule has 0 spiro atoms. The Hall–Kier alpha value is -1.98. The molecule has 3 rings (SSSR count). The number of carbonyl (C=O) groups excluding carboxylic acids is 2. The quantitative estimate of drug-likeness (QED) is 0.894. The van der Waals surface area contributed by atoms with Gasteiger partial charge in [-0.1, -0.05) is 0 Å². The van der Waals surface area contributed by atoms with Gasteiger partial charge in [-0.05, 0) is 59.1 Å². The van der Waals surface area contributed by atoms with Gasteiger partial charge in [0.25, 0.3) is 0 Å². The van der Waals surface area contributed by atoms with Gasteiger partial charge in [0.2, 0.25) is 5.91 Å². The highest BCUT2D eigenvalue weighted by atomic mass is 16.6. The number of amides is 2.